The predicted octanol–water partition coefficient (Wildman–Crippen LogP) is 2.28. The summed E-state index contributed by atoms with van der Waals surface area (Å²) >= 11 is 1.09. The summed E-state index contributed by atoms with van der Waals surface area (Å²) in [4.78, 5) is 34.6. The Hall–Kier alpha value is -3.93. The second-order valence-corrected chi connectivity index (χ2v) is 7.68. The number of rotatable bonds is 6. The molecule has 2 amide bonds. The van der Waals surface area contributed by atoms with E-state index in [1.807, 2.05) is 18.2 Å². The van der Waals surface area contributed by atoms with Gasteiger partial charge in [0.25, 0.3) is 11.6 Å². The van der Waals surface area contributed by atoms with E-state index in [1.54, 1.807) is 17.7 Å². The highest BCUT2D eigenvalue weighted by Crippen LogP contribution is 2.35. The monoisotopic (exact) mass is 455 g/mol. The zero-order chi connectivity index (χ0) is 22.7. The molecule has 12 heteroatoms. The van der Waals surface area contributed by atoms with E-state index >= 15 is 0 Å². The second-order valence-electron chi connectivity index (χ2n) is 6.74. The minimum Gasteiger partial charge on any atom is -0.485 e. The van der Waals surface area contributed by atoms with Gasteiger partial charge in [0.2, 0.25) is 5.91 Å². The molecule has 0 saturated heterocycles. The molecule has 1 unspecified atom stereocenters. The lowest BCUT2D eigenvalue weighted by atomic mass is 10.2. The maximum Gasteiger partial charge on any atom is 0.270 e. The van der Waals surface area contributed by atoms with E-state index in [0.717, 1.165) is 17.8 Å². The maximum absolute atomic E-state index is 12.2. The number of imide groups is 1. The zero-order valence-electron chi connectivity index (χ0n) is 16.8. The van der Waals surface area contributed by atoms with Gasteiger partial charge in [0, 0.05) is 24.7 Å². The van der Waals surface area contributed by atoms with Crippen LogP contribution in [0.1, 0.15) is 22.3 Å². The number of nitrogens with one attached hydrogen (secondary N) is 1. The highest BCUT2D eigenvalue weighted by atomic mass is 32.2. The van der Waals surface area contributed by atoms with Crippen LogP contribution in [0.15, 0.2) is 53.7 Å². The highest BCUT2D eigenvalue weighted by molar-refractivity contribution is 7.99. The standard InChI is InChI=1S/C20H17N5O6S/c1-24-18(16-10-30-14-7-2-3-8-15(14)31-16)22-23-20(24)32-11-17(26)21-19(27)12-5-4-6-13(9-12)25(28)29/h2-9,16H,10-11H2,1H3,(H,21,26,27). The molecule has 0 saturated carbocycles. The molecule has 2 aromatic carbocycles. The maximum atomic E-state index is 12.2. The molecule has 11 nitrogen and oxygen atoms in total. The van der Waals surface area contributed by atoms with Crippen molar-refractivity contribution in [2.45, 2.75) is 11.3 Å². The summed E-state index contributed by atoms with van der Waals surface area (Å²) in [5.74, 6) is 0.421. The summed E-state index contributed by atoms with van der Waals surface area (Å²) in [6, 6.07) is 12.5. The summed E-state index contributed by atoms with van der Waals surface area (Å²) in [5, 5.41) is 21.7. The van der Waals surface area contributed by atoms with Crippen LogP contribution in [0, 0.1) is 10.1 Å². The van der Waals surface area contributed by atoms with Crippen LogP contribution in [0.5, 0.6) is 11.5 Å². The third-order valence-corrected chi connectivity index (χ3v) is 5.59. The zero-order valence-corrected chi connectivity index (χ0v) is 17.6. The molecular weight excluding hydrogens is 438 g/mol. The normalized spacial score (nSPS) is 14.6. The van der Waals surface area contributed by atoms with Crippen molar-refractivity contribution in [1.29, 1.82) is 0 Å². The van der Waals surface area contributed by atoms with Gasteiger partial charge >= 0.3 is 0 Å². The first-order valence-electron chi connectivity index (χ1n) is 9.41. The van der Waals surface area contributed by atoms with Crippen LogP contribution in [-0.2, 0) is 11.8 Å². The average molecular weight is 455 g/mol. The number of nitrogens with zero attached hydrogens (tertiary/aromatic N) is 4. The van der Waals surface area contributed by atoms with Crippen molar-refractivity contribution in [1.82, 2.24) is 20.1 Å². The fraction of sp³-hybridized carbons (Fsp3) is 0.200. The minimum absolute atomic E-state index is 0.0215. The van der Waals surface area contributed by atoms with Gasteiger partial charge in [-0.15, -0.1) is 10.2 Å². The number of nitro benzene ring substituents is 1. The Bertz CT molecular complexity index is 1200. The molecule has 0 fully saturated rings. The van der Waals surface area contributed by atoms with Crippen molar-refractivity contribution >= 4 is 29.3 Å². The fourth-order valence-corrected chi connectivity index (χ4v) is 3.72. The summed E-state index contributed by atoms with van der Waals surface area (Å²) in [7, 11) is 1.74. The Labute approximate surface area is 185 Å². The fourth-order valence-electron chi connectivity index (χ4n) is 3.00. The number of carbonyl (C=O) groups excluding carboxylic acids is 2. The summed E-state index contributed by atoms with van der Waals surface area (Å²) in [6.45, 7) is 0.270. The second kappa shape index (κ2) is 9.06. The molecule has 32 heavy (non-hydrogen) atoms. The smallest absolute Gasteiger partial charge is 0.270 e. The molecule has 1 aromatic heterocycles. The number of thioether (sulfide) groups is 1. The van der Waals surface area contributed by atoms with E-state index in [1.165, 1.54) is 18.2 Å². The van der Waals surface area contributed by atoms with Gasteiger partial charge in [-0.1, -0.05) is 30.0 Å². The number of non-ortho nitro benzene ring substituents is 1. The summed E-state index contributed by atoms with van der Waals surface area (Å²) < 4.78 is 13.3. The first kappa shape index (κ1) is 21.3. The van der Waals surface area contributed by atoms with E-state index in [2.05, 4.69) is 15.5 Å². The number of carbonyl (C=O) groups is 2. The van der Waals surface area contributed by atoms with Gasteiger partial charge in [-0.25, -0.2) is 0 Å². The van der Waals surface area contributed by atoms with Crippen molar-refractivity contribution in [2.75, 3.05) is 12.4 Å². The number of nitro groups is 1. The number of benzene rings is 2. The molecule has 1 aliphatic heterocycles. The molecular formula is C20H17N5O6S. The van der Waals surface area contributed by atoms with Crippen LogP contribution < -0.4 is 14.8 Å². The quantitative estimate of drug-likeness (QED) is 0.337. The van der Waals surface area contributed by atoms with Gasteiger partial charge in [-0.2, -0.15) is 0 Å². The van der Waals surface area contributed by atoms with E-state index in [9.17, 15) is 19.7 Å². The molecule has 0 aliphatic carbocycles. The lowest BCUT2D eigenvalue weighted by molar-refractivity contribution is -0.384. The molecule has 2 heterocycles. The number of fused-ring (bicyclic) bond motifs is 1. The van der Waals surface area contributed by atoms with E-state index in [0.29, 0.717) is 22.5 Å². The van der Waals surface area contributed by atoms with E-state index in [-0.39, 0.29) is 23.6 Å². The van der Waals surface area contributed by atoms with Crippen molar-refractivity contribution in [3.05, 3.63) is 70.0 Å². The number of aromatic nitrogens is 3. The van der Waals surface area contributed by atoms with Gasteiger partial charge in [0.05, 0.1) is 10.7 Å². The third-order valence-electron chi connectivity index (χ3n) is 4.57. The van der Waals surface area contributed by atoms with Crippen LogP contribution in [0.3, 0.4) is 0 Å². The molecule has 1 atom stereocenters. The van der Waals surface area contributed by atoms with Crippen molar-refractivity contribution in [3.8, 4) is 11.5 Å². The molecule has 1 N–H and O–H groups in total. The van der Waals surface area contributed by atoms with Crippen LogP contribution in [0.25, 0.3) is 0 Å². The van der Waals surface area contributed by atoms with E-state index < -0.39 is 22.8 Å². The number of para-hydroxylation sites is 2. The molecule has 164 valence electrons. The van der Waals surface area contributed by atoms with Crippen LogP contribution in [0.4, 0.5) is 5.69 Å². The molecule has 4 rings (SSSR count). The summed E-state index contributed by atoms with van der Waals surface area (Å²) in [6.07, 6.45) is -0.457. The third kappa shape index (κ3) is 4.54. The Balaban J connectivity index is 1.35. The molecule has 0 spiro atoms. The lowest BCUT2D eigenvalue weighted by Crippen LogP contribution is -2.32. The molecule has 3 aromatic rings. The van der Waals surface area contributed by atoms with Gasteiger partial charge in [-0.3, -0.25) is 25.0 Å². The Morgan fingerprint density at radius 1 is 1.22 bits per heavy atom. The SMILES string of the molecule is Cn1c(SCC(=O)NC(=O)c2cccc([N+](=O)[O-])c2)nnc1C1COc2ccccc2O1. The number of hydrogen-bond acceptors (Lipinski definition) is 9. The van der Waals surface area contributed by atoms with Crippen LogP contribution in [0.2, 0.25) is 0 Å². The average Bonchev–Trinajstić information content (AvgIpc) is 3.17. The van der Waals surface area contributed by atoms with E-state index in [4.69, 9.17) is 9.47 Å². The van der Waals surface area contributed by atoms with Crippen molar-refractivity contribution < 1.29 is 24.0 Å². The molecule has 0 radical (unpaired) electrons. The number of amides is 2. The van der Waals surface area contributed by atoms with Gasteiger partial charge < -0.3 is 14.0 Å². The van der Waals surface area contributed by atoms with Crippen molar-refractivity contribution in [3.63, 3.8) is 0 Å². The first-order chi connectivity index (χ1) is 15.4. The van der Waals surface area contributed by atoms with Crippen LogP contribution >= 0.6 is 11.8 Å². The molecule has 1 aliphatic rings. The van der Waals surface area contributed by atoms with Gasteiger partial charge in [0.1, 0.15) is 6.61 Å². The summed E-state index contributed by atoms with van der Waals surface area (Å²) in [5.41, 5.74) is -0.212. The largest absolute Gasteiger partial charge is 0.485 e. The minimum atomic E-state index is -0.718. The first-order valence-corrected chi connectivity index (χ1v) is 10.4. The Morgan fingerprint density at radius 2 is 2.00 bits per heavy atom. The topological polar surface area (TPSA) is 138 Å². The molecule has 0 bridgehead atoms. The Kier molecular flexibility index (Phi) is 6.03. The lowest BCUT2D eigenvalue weighted by Gasteiger charge is -2.25. The number of hydrogen-bond donors (Lipinski definition) is 1. The predicted molar refractivity (Wildman–Crippen MR) is 113 cm³/mol. The van der Waals surface area contributed by atoms with Crippen LogP contribution in [-0.4, -0.2) is 43.9 Å². The van der Waals surface area contributed by atoms with Crippen molar-refractivity contribution in [2.24, 2.45) is 7.05 Å². The van der Waals surface area contributed by atoms with Gasteiger partial charge in [0.15, 0.2) is 28.6 Å². The highest BCUT2D eigenvalue weighted by Gasteiger charge is 2.27. The number of ether oxygens (including phenoxy) is 2. The van der Waals surface area contributed by atoms with Gasteiger partial charge in [-0.05, 0) is 18.2 Å². The Morgan fingerprint density at radius 3 is 2.78 bits per heavy atom.